The van der Waals surface area contributed by atoms with Crippen LogP contribution in [-0.2, 0) is 10.9 Å². The molecule has 8 nitrogen and oxygen atoms in total. The van der Waals surface area contributed by atoms with Gasteiger partial charge in [0.1, 0.15) is 0 Å². The Kier molecular flexibility index (Phi) is 5.95. The van der Waals surface area contributed by atoms with Crippen LogP contribution in [0.25, 0.3) is 11.5 Å². The van der Waals surface area contributed by atoms with Gasteiger partial charge in [0.25, 0.3) is 0 Å². The number of amides is 1. The minimum Gasteiger partial charge on any atom is -0.412 e. The van der Waals surface area contributed by atoms with Crippen LogP contribution in [0.3, 0.4) is 0 Å². The van der Waals surface area contributed by atoms with Crippen LogP contribution in [0, 0.1) is 11.5 Å². The van der Waals surface area contributed by atoms with E-state index in [1.807, 2.05) is 6.19 Å². The summed E-state index contributed by atoms with van der Waals surface area (Å²) < 4.78 is 49.0. The molecule has 2 heterocycles. The standard InChI is InChI=1S/C17H15ClF3N5O3/c1-28-7-11-5-10(6-26(11)8-22)23-14(27)16-25-24-15(29-16)12-4-9(17(19,20)21)2-3-13(12)18/h2-4,10-11H,5-7H2,1H3,(H,23,27)/t10-,11-/m1/s1. The van der Waals surface area contributed by atoms with Gasteiger partial charge >= 0.3 is 18.0 Å². The molecule has 3 rings (SSSR count). The van der Waals surface area contributed by atoms with E-state index >= 15 is 0 Å². The zero-order valence-electron chi connectivity index (χ0n) is 15.0. The first-order valence-corrected chi connectivity index (χ1v) is 8.77. The third kappa shape index (κ3) is 4.60. The minimum atomic E-state index is -4.58. The molecule has 1 aliphatic rings. The number of nitrogens with zero attached hydrogens (tertiary/aromatic N) is 4. The van der Waals surface area contributed by atoms with Gasteiger partial charge in [-0.15, -0.1) is 10.2 Å². The van der Waals surface area contributed by atoms with Gasteiger partial charge in [0.2, 0.25) is 5.89 Å². The van der Waals surface area contributed by atoms with Crippen LogP contribution in [0.1, 0.15) is 22.7 Å². The fraction of sp³-hybridized carbons (Fsp3) is 0.412. The van der Waals surface area contributed by atoms with Gasteiger partial charge in [0, 0.05) is 19.7 Å². The van der Waals surface area contributed by atoms with Gasteiger partial charge in [-0.2, -0.15) is 18.4 Å². The Morgan fingerprint density at radius 1 is 1.48 bits per heavy atom. The maximum absolute atomic E-state index is 12.9. The van der Waals surface area contributed by atoms with Crippen LogP contribution >= 0.6 is 11.6 Å². The molecule has 1 fully saturated rings. The first kappa shape index (κ1) is 20.9. The molecule has 1 saturated heterocycles. The van der Waals surface area contributed by atoms with Crippen LogP contribution in [0.4, 0.5) is 13.2 Å². The number of aromatic nitrogens is 2. The molecule has 1 aliphatic heterocycles. The Hall–Kier alpha value is -2.84. The van der Waals surface area contributed by atoms with Crippen molar-refractivity contribution in [1.82, 2.24) is 20.4 Å². The summed E-state index contributed by atoms with van der Waals surface area (Å²) in [7, 11) is 1.51. The molecule has 0 radical (unpaired) electrons. The number of likely N-dealkylation sites (tertiary alicyclic amines) is 1. The smallest absolute Gasteiger partial charge is 0.412 e. The molecule has 0 saturated carbocycles. The fourth-order valence-electron chi connectivity index (χ4n) is 3.03. The fourth-order valence-corrected chi connectivity index (χ4v) is 3.23. The highest BCUT2D eigenvalue weighted by Crippen LogP contribution is 2.35. The van der Waals surface area contributed by atoms with Gasteiger partial charge in [-0.3, -0.25) is 4.79 Å². The Labute approximate surface area is 168 Å². The Morgan fingerprint density at radius 3 is 2.90 bits per heavy atom. The monoisotopic (exact) mass is 429 g/mol. The lowest BCUT2D eigenvalue weighted by molar-refractivity contribution is -0.137. The number of benzene rings is 1. The van der Waals surface area contributed by atoms with E-state index in [-0.39, 0.29) is 35.1 Å². The second kappa shape index (κ2) is 8.26. The van der Waals surface area contributed by atoms with E-state index < -0.39 is 23.5 Å². The van der Waals surface area contributed by atoms with Crippen LogP contribution in [-0.4, -0.2) is 53.3 Å². The number of ether oxygens (including phenoxy) is 1. The minimum absolute atomic E-state index is 0.0310. The molecule has 0 bridgehead atoms. The quantitative estimate of drug-likeness (QED) is 0.728. The van der Waals surface area contributed by atoms with Crippen LogP contribution in [0.5, 0.6) is 0 Å². The number of methoxy groups -OCH3 is 1. The average Bonchev–Trinajstić information content (AvgIpc) is 3.28. The highest BCUT2D eigenvalue weighted by molar-refractivity contribution is 6.33. The Morgan fingerprint density at radius 2 is 2.24 bits per heavy atom. The predicted molar refractivity (Wildman–Crippen MR) is 93.6 cm³/mol. The predicted octanol–water partition coefficient (Wildman–Crippen LogP) is 2.71. The topological polar surface area (TPSA) is 104 Å². The van der Waals surface area contributed by atoms with Gasteiger partial charge in [-0.05, 0) is 24.6 Å². The average molecular weight is 430 g/mol. The summed E-state index contributed by atoms with van der Waals surface area (Å²) in [5.41, 5.74) is -1.07. The Balaban J connectivity index is 1.74. The number of halogens is 4. The molecule has 154 valence electrons. The first-order valence-electron chi connectivity index (χ1n) is 8.39. The second-order valence-electron chi connectivity index (χ2n) is 6.37. The van der Waals surface area contributed by atoms with Crippen LogP contribution in [0.2, 0.25) is 5.02 Å². The molecule has 0 unspecified atom stereocenters. The molecule has 2 atom stereocenters. The van der Waals surface area contributed by atoms with Crippen molar-refractivity contribution in [3.63, 3.8) is 0 Å². The molecule has 1 amide bonds. The number of carbonyl (C=O) groups excluding carboxylic acids is 1. The molecule has 12 heteroatoms. The lowest BCUT2D eigenvalue weighted by atomic mass is 10.1. The molecule has 1 N–H and O–H groups in total. The number of hydrogen-bond acceptors (Lipinski definition) is 7. The van der Waals surface area contributed by atoms with E-state index in [0.29, 0.717) is 13.0 Å². The van der Waals surface area contributed by atoms with E-state index in [4.69, 9.17) is 26.0 Å². The van der Waals surface area contributed by atoms with Crippen molar-refractivity contribution in [3.05, 3.63) is 34.7 Å². The van der Waals surface area contributed by atoms with Gasteiger partial charge in [0.05, 0.1) is 28.8 Å². The summed E-state index contributed by atoms with van der Waals surface area (Å²) in [6, 6.07) is 2.14. The van der Waals surface area contributed by atoms with Crippen molar-refractivity contribution >= 4 is 17.5 Å². The molecule has 0 spiro atoms. The number of rotatable bonds is 5. The molecular weight excluding hydrogens is 415 g/mol. The SMILES string of the molecule is COC[C@H]1C[C@@H](NC(=O)c2nnc(-c3cc(C(F)(F)F)ccc3Cl)o2)CN1C#N. The van der Waals surface area contributed by atoms with Crippen molar-refractivity contribution < 1.29 is 27.1 Å². The molecule has 1 aromatic heterocycles. The molecule has 0 aliphatic carbocycles. The maximum atomic E-state index is 12.9. The first-order chi connectivity index (χ1) is 13.7. The Bertz CT molecular complexity index is 943. The summed E-state index contributed by atoms with van der Waals surface area (Å²) in [5.74, 6) is -1.44. The number of alkyl halides is 3. The molecule has 1 aromatic carbocycles. The third-order valence-electron chi connectivity index (χ3n) is 4.38. The summed E-state index contributed by atoms with van der Waals surface area (Å²) >= 11 is 5.94. The highest BCUT2D eigenvalue weighted by atomic mass is 35.5. The van der Waals surface area contributed by atoms with E-state index in [1.165, 1.54) is 12.0 Å². The zero-order valence-corrected chi connectivity index (χ0v) is 15.8. The molecule has 29 heavy (non-hydrogen) atoms. The van der Waals surface area contributed by atoms with Gasteiger partial charge in [-0.1, -0.05) is 11.6 Å². The van der Waals surface area contributed by atoms with Crippen molar-refractivity contribution in [3.8, 4) is 17.6 Å². The lowest BCUT2D eigenvalue weighted by Crippen LogP contribution is -2.36. The summed E-state index contributed by atoms with van der Waals surface area (Å²) in [5, 5.41) is 19.0. The second-order valence-corrected chi connectivity index (χ2v) is 6.78. The summed E-state index contributed by atoms with van der Waals surface area (Å²) in [4.78, 5) is 13.9. The van der Waals surface area contributed by atoms with Crippen molar-refractivity contribution in [2.75, 3.05) is 20.3 Å². The molecule has 2 aromatic rings. The van der Waals surface area contributed by atoms with Crippen molar-refractivity contribution in [2.24, 2.45) is 0 Å². The lowest BCUT2D eigenvalue weighted by Gasteiger charge is -2.15. The summed E-state index contributed by atoms with van der Waals surface area (Å²) in [6.45, 7) is 0.620. The zero-order chi connectivity index (χ0) is 21.2. The van der Waals surface area contributed by atoms with E-state index in [9.17, 15) is 18.0 Å². The van der Waals surface area contributed by atoms with E-state index in [2.05, 4.69) is 15.5 Å². The van der Waals surface area contributed by atoms with E-state index in [0.717, 1.165) is 18.2 Å². The number of nitriles is 1. The van der Waals surface area contributed by atoms with Gasteiger partial charge < -0.3 is 19.4 Å². The van der Waals surface area contributed by atoms with Crippen molar-refractivity contribution in [1.29, 1.82) is 5.26 Å². The number of carbonyl (C=O) groups is 1. The largest absolute Gasteiger partial charge is 0.416 e. The van der Waals surface area contributed by atoms with Crippen LogP contribution in [0.15, 0.2) is 22.6 Å². The molecular formula is C17H15ClF3N5O3. The van der Waals surface area contributed by atoms with E-state index in [1.54, 1.807) is 0 Å². The number of nitrogens with one attached hydrogen (secondary N) is 1. The van der Waals surface area contributed by atoms with Crippen LogP contribution < -0.4 is 5.32 Å². The highest BCUT2D eigenvalue weighted by Gasteiger charge is 2.34. The third-order valence-corrected chi connectivity index (χ3v) is 4.71. The van der Waals surface area contributed by atoms with Crippen molar-refractivity contribution in [2.45, 2.75) is 24.7 Å². The number of hydrogen-bond donors (Lipinski definition) is 1. The normalized spacial score (nSPS) is 19.2. The summed E-state index contributed by atoms with van der Waals surface area (Å²) in [6.07, 6.45) is -2.06. The van der Waals surface area contributed by atoms with Gasteiger partial charge in [0.15, 0.2) is 6.19 Å². The maximum Gasteiger partial charge on any atom is 0.416 e. The van der Waals surface area contributed by atoms with Gasteiger partial charge in [-0.25, -0.2) is 0 Å².